The van der Waals surface area contributed by atoms with Crippen LogP contribution < -0.4 is 6.64 Å². The third kappa shape index (κ3) is 5.89. The van der Waals surface area contributed by atoms with Gasteiger partial charge in [-0.05, 0) is 0 Å². The molecule has 144 valence electrons. The van der Waals surface area contributed by atoms with Crippen LogP contribution in [0.4, 0.5) is 0 Å². The van der Waals surface area contributed by atoms with E-state index in [0.717, 1.165) is 35.1 Å². The first-order valence-electron chi connectivity index (χ1n) is 8.84. The molecule has 5 heteroatoms. The van der Waals surface area contributed by atoms with Crippen molar-refractivity contribution in [2.75, 3.05) is 0 Å². The zero-order valence-corrected chi connectivity index (χ0v) is 19.4. The molecule has 0 N–H and O–H groups in total. The molecule has 0 bridgehead atoms. The predicted octanol–water partition coefficient (Wildman–Crippen LogP) is 7.13. The Labute approximate surface area is 174 Å². The van der Waals surface area contributed by atoms with Crippen LogP contribution in [-0.4, -0.2) is 0 Å². The fourth-order valence-electron chi connectivity index (χ4n) is 3.23. The summed E-state index contributed by atoms with van der Waals surface area (Å²) in [5.74, 6) is 1.40. The Morgan fingerprint density at radius 1 is 0.741 bits per heavy atom. The molecule has 27 heavy (non-hydrogen) atoms. The monoisotopic (exact) mass is 440 g/mol. The molecule has 0 radical (unpaired) electrons. The van der Waals surface area contributed by atoms with Crippen molar-refractivity contribution in [1.29, 1.82) is 0 Å². The van der Waals surface area contributed by atoms with Gasteiger partial charge in [-0.2, -0.15) is 0 Å². The molecule has 2 aromatic rings. The number of hydrogen-bond donors (Lipinski definition) is 0. The summed E-state index contributed by atoms with van der Waals surface area (Å²) in [6.45, 7) is 15.5. The molecule has 2 rings (SSSR count). The molecule has 0 aliphatic rings. The van der Waals surface area contributed by atoms with Gasteiger partial charge in [0.05, 0.1) is 0 Å². The fourth-order valence-corrected chi connectivity index (χ4v) is 6.31. The second-order valence-electron chi connectivity index (χ2n) is 6.77. The predicted molar refractivity (Wildman–Crippen MR) is 113 cm³/mol. The average molecular weight is 441 g/mol. The third-order valence-electron chi connectivity index (χ3n) is 4.24. The van der Waals surface area contributed by atoms with Gasteiger partial charge in [0.15, 0.2) is 0 Å². The van der Waals surface area contributed by atoms with Gasteiger partial charge in [0.25, 0.3) is 0 Å². The van der Waals surface area contributed by atoms with Gasteiger partial charge in [-0.1, -0.05) is 0 Å². The quantitative estimate of drug-likeness (QED) is 0.321. The Hall–Kier alpha value is -1.19. The summed E-state index contributed by atoms with van der Waals surface area (Å²) in [6, 6.07) is 8.26. The van der Waals surface area contributed by atoms with Crippen LogP contribution in [0, 0.1) is 27.7 Å². The molecule has 0 saturated heterocycles. The Bertz CT molecular complexity index is 744. The number of hydrogen-bond acceptors (Lipinski definition) is 2. The molecule has 2 aromatic carbocycles. The van der Waals surface area contributed by atoms with Gasteiger partial charge in [-0.25, -0.2) is 0 Å². The Morgan fingerprint density at radius 2 is 1.04 bits per heavy atom. The van der Waals surface area contributed by atoms with E-state index in [1.807, 2.05) is 39.8 Å². The molecule has 2 nitrogen and oxygen atoms in total. The van der Waals surface area contributed by atoms with Crippen LogP contribution in [0.25, 0.3) is 0 Å². The van der Waals surface area contributed by atoms with Crippen molar-refractivity contribution in [3.63, 3.8) is 0 Å². The van der Waals surface area contributed by atoms with E-state index >= 15 is 0 Å². The summed E-state index contributed by atoms with van der Waals surface area (Å²) in [6.07, 6.45) is 5.37. The first-order valence-corrected chi connectivity index (χ1v) is 14.4. The van der Waals surface area contributed by atoms with Crippen molar-refractivity contribution < 1.29 is 21.9 Å². The van der Waals surface area contributed by atoms with E-state index in [4.69, 9.17) is 25.2 Å². The van der Waals surface area contributed by atoms with Crippen molar-refractivity contribution in [1.82, 2.24) is 0 Å². The van der Waals surface area contributed by atoms with Crippen LogP contribution in [0.15, 0.2) is 49.6 Å². The molecule has 0 amide bonds. The first-order chi connectivity index (χ1) is 12.7. The van der Waals surface area contributed by atoms with Gasteiger partial charge < -0.3 is 0 Å². The van der Waals surface area contributed by atoms with Crippen LogP contribution >= 0.6 is 18.6 Å². The van der Waals surface area contributed by atoms with E-state index < -0.39 is 15.2 Å². The maximum atomic E-state index is 6.57. The number of allylic oxidation sites excluding steroid dienone is 2. The van der Waals surface area contributed by atoms with Crippen molar-refractivity contribution in [3.8, 4) is 11.5 Å². The van der Waals surface area contributed by atoms with E-state index in [2.05, 4.69) is 37.4 Å². The third-order valence-corrected chi connectivity index (χ3v) is 6.89. The van der Waals surface area contributed by atoms with Crippen molar-refractivity contribution in [2.24, 2.45) is 0 Å². The van der Waals surface area contributed by atoms with Crippen LogP contribution in [0.3, 0.4) is 0 Å². The van der Waals surface area contributed by atoms with E-state index in [-0.39, 0.29) is 0 Å². The molecule has 0 atom stereocenters. The Balaban J connectivity index is 2.28. The number of halogens is 2. The molecule has 0 aliphatic heterocycles. The average Bonchev–Trinajstić information content (AvgIpc) is 2.55. The zero-order valence-electron chi connectivity index (χ0n) is 16.4. The van der Waals surface area contributed by atoms with Crippen molar-refractivity contribution in [3.05, 3.63) is 83.0 Å². The van der Waals surface area contributed by atoms with E-state index in [0.29, 0.717) is 11.5 Å². The number of benzene rings is 2. The Kier molecular flexibility index (Phi) is 7.65. The molecule has 0 saturated carbocycles. The summed E-state index contributed by atoms with van der Waals surface area (Å²) in [5.41, 5.74) is 6.31. The summed E-state index contributed by atoms with van der Waals surface area (Å²) >= 11 is -4.05. The molecule has 0 aromatic heterocycles. The normalized spacial score (nSPS) is 11.2. The van der Waals surface area contributed by atoms with Crippen LogP contribution in [0.1, 0.15) is 33.4 Å². The zero-order chi connectivity index (χ0) is 20.2. The number of aryl methyl sites for hydroxylation is 4. The first kappa shape index (κ1) is 22.1. The molecule has 0 spiro atoms. The minimum atomic E-state index is -4.05. The molecular formula is C22H26Cl2O2Ti. The topological polar surface area (TPSA) is 18.5 Å². The van der Waals surface area contributed by atoms with Gasteiger partial charge in [0.1, 0.15) is 0 Å². The maximum absolute atomic E-state index is 6.57. The van der Waals surface area contributed by atoms with Gasteiger partial charge in [0.2, 0.25) is 0 Å². The van der Waals surface area contributed by atoms with Gasteiger partial charge in [-0.3, -0.25) is 0 Å². The van der Waals surface area contributed by atoms with Crippen LogP contribution in [-0.2, 0) is 28.1 Å². The van der Waals surface area contributed by atoms with Crippen LogP contribution in [0.2, 0.25) is 0 Å². The molecule has 0 fully saturated rings. The Morgan fingerprint density at radius 3 is 1.30 bits per heavy atom. The van der Waals surface area contributed by atoms with Gasteiger partial charge >= 0.3 is 175 Å². The SMILES string of the molecule is C=CCc1cc(C)c([O][Ti]([Cl])([Cl])[O]c2c(C)cc(CC=C)cc2C)c(C)c1. The molecule has 0 unspecified atom stereocenters. The van der Waals surface area contributed by atoms with Crippen molar-refractivity contribution in [2.45, 2.75) is 40.5 Å². The number of rotatable bonds is 8. The summed E-state index contributed by atoms with van der Waals surface area (Å²) in [7, 11) is 13.1. The fraction of sp³-hybridized carbons (Fsp3) is 0.273. The van der Waals surface area contributed by atoms with Gasteiger partial charge in [-0.15, -0.1) is 0 Å². The summed E-state index contributed by atoms with van der Waals surface area (Å²) in [5, 5.41) is 0. The van der Waals surface area contributed by atoms with Crippen LogP contribution in [0.5, 0.6) is 11.5 Å². The molecule has 0 aliphatic carbocycles. The standard InChI is InChI=1S/2C11H14O.2ClH.Ti/c2*1-4-5-10-6-8(2)11(12)9(3)7-10;;;/h2*4,6-7,12H,1,5H2,2-3H3;2*1H;/q;;;;+4/p-4. The van der Waals surface area contributed by atoms with Gasteiger partial charge in [0, 0.05) is 0 Å². The van der Waals surface area contributed by atoms with E-state index in [9.17, 15) is 0 Å². The second kappa shape index (κ2) is 9.34. The molecular weight excluding hydrogens is 415 g/mol. The molecule has 0 heterocycles. The van der Waals surface area contributed by atoms with E-state index in [1.165, 1.54) is 11.1 Å². The second-order valence-corrected chi connectivity index (χ2v) is 13.8. The van der Waals surface area contributed by atoms with Crippen molar-refractivity contribution >= 4 is 18.6 Å². The minimum absolute atomic E-state index is 0.700. The summed E-state index contributed by atoms with van der Waals surface area (Å²) in [4.78, 5) is 0. The summed E-state index contributed by atoms with van der Waals surface area (Å²) < 4.78 is 12.1. The van der Waals surface area contributed by atoms with E-state index in [1.54, 1.807) is 0 Å².